The van der Waals surface area contributed by atoms with Gasteiger partial charge in [0.15, 0.2) is 0 Å². The first-order valence-corrected chi connectivity index (χ1v) is 7.41. The van der Waals surface area contributed by atoms with Crippen LogP contribution in [0, 0.1) is 12.7 Å². The highest BCUT2D eigenvalue weighted by Crippen LogP contribution is 2.34. The number of thiazole rings is 1. The van der Waals surface area contributed by atoms with Gasteiger partial charge in [-0.2, -0.15) is 0 Å². The molecule has 1 aliphatic rings. The van der Waals surface area contributed by atoms with Crippen molar-refractivity contribution in [3.8, 4) is 0 Å². The number of Topliss-reactive ketones (excluding diaryl/α,β-unsaturated/α-hetero) is 1. The van der Waals surface area contributed by atoms with Gasteiger partial charge in [-0.25, -0.2) is 9.37 Å². The van der Waals surface area contributed by atoms with E-state index < -0.39 is 17.5 Å². The van der Waals surface area contributed by atoms with Gasteiger partial charge in [-0.05, 0) is 35.0 Å². The van der Waals surface area contributed by atoms with Crippen LogP contribution < -0.4 is 4.90 Å². The van der Waals surface area contributed by atoms with Gasteiger partial charge in [0.2, 0.25) is 0 Å². The molecule has 0 spiro atoms. The predicted octanol–water partition coefficient (Wildman–Crippen LogP) is 3.08. The molecule has 0 atom stereocenters. The van der Waals surface area contributed by atoms with Crippen molar-refractivity contribution >= 4 is 44.6 Å². The SMILES string of the molecule is Cc1nc(CN2C(=O)C(=O)c3cc(Br)c(F)cc32)cs1. The molecule has 0 unspecified atom stereocenters. The average molecular weight is 355 g/mol. The second-order valence-electron chi connectivity index (χ2n) is 4.36. The van der Waals surface area contributed by atoms with Crippen molar-refractivity contribution in [3.05, 3.63) is 44.1 Å². The molecule has 3 rings (SSSR count). The number of aromatic nitrogens is 1. The molecule has 1 aromatic heterocycles. The Morgan fingerprint density at radius 2 is 2.15 bits per heavy atom. The zero-order chi connectivity index (χ0) is 14.4. The van der Waals surface area contributed by atoms with E-state index in [4.69, 9.17) is 0 Å². The molecule has 0 bridgehead atoms. The third kappa shape index (κ3) is 2.06. The van der Waals surface area contributed by atoms with E-state index in [1.54, 1.807) is 0 Å². The van der Waals surface area contributed by atoms with Crippen molar-refractivity contribution in [1.29, 1.82) is 0 Å². The summed E-state index contributed by atoms with van der Waals surface area (Å²) in [5.41, 5.74) is 1.20. The highest BCUT2D eigenvalue weighted by Gasteiger charge is 2.37. The van der Waals surface area contributed by atoms with Crippen molar-refractivity contribution in [2.75, 3.05) is 4.90 Å². The fourth-order valence-corrected chi connectivity index (χ4v) is 3.04. The van der Waals surface area contributed by atoms with E-state index in [1.807, 2.05) is 12.3 Å². The van der Waals surface area contributed by atoms with E-state index >= 15 is 0 Å². The van der Waals surface area contributed by atoms with Gasteiger partial charge in [-0.15, -0.1) is 11.3 Å². The number of hydrogen-bond donors (Lipinski definition) is 0. The number of halogens is 2. The van der Waals surface area contributed by atoms with Gasteiger partial charge in [0.25, 0.3) is 11.7 Å². The van der Waals surface area contributed by atoms with E-state index in [-0.39, 0.29) is 16.6 Å². The summed E-state index contributed by atoms with van der Waals surface area (Å²) in [7, 11) is 0. The number of nitrogens with zero attached hydrogens (tertiary/aromatic N) is 2. The second kappa shape index (κ2) is 4.75. The lowest BCUT2D eigenvalue weighted by Gasteiger charge is -2.15. The summed E-state index contributed by atoms with van der Waals surface area (Å²) >= 11 is 4.48. The van der Waals surface area contributed by atoms with Crippen molar-refractivity contribution in [3.63, 3.8) is 0 Å². The third-order valence-electron chi connectivity index (χ3n) is 3.00. The van der Waals surface area contributed by atoms with Crippen LogP contribution in [0.4, 0.5) is 10.1 Å². The number of rotatable bonds is 2. The van der Waals surface area contributed by atoms with Gasteiger partial charge in [-0.1, -0.05) is 0 Å². The molecule has 0 saturated heterocycles. The van der Waals surface area contributed by atoms with E-state index in [0.29, 0.717) is 11.4 Å². The predicted molar refractivity (Wildman–Crippen MR) is 76.5 cm³/mol. The average Bonchev–Trinajstić information content (AvgIpc) is 2.90. The first-order valence-electron chi connectivity index (χ1n) is 5.73. The van der Waals surface area contributed by atoms with Crippen molar-refractivity contribution < 1.29 is 14.0 Å². The molecule has 0 radical (unpaired) electrons. The Morgan fingerprint density at radius 1 is 1.40 bits per heavy atom. The lowest BCUT2D eigenvalue weighted by atomic mass is 10.1. The largest absolute Gasteiger partial charge is 0.299 e. The standard InChI is InChI=1S/C13H8BrFN2O2S/c1-6-16-7(5-20-6)4-17-11-3-10(15)9(14)2-8(11)12(18)13(17)19/h2-3,5H,4H2,1H3. The number of carbonyl (C=O) groups excluding carboxylic acids is 2. The van der Waals surface area contributed by atoms with E-state index in [2.05, 4.69) is 20.9 Å². The number of carbonyl (C=O) groups is 2. The second-order valence-corrected chi connectivity index (χ2v) is 6.28. The van der Waals surface area contributed by atoms with Crippen LogP contribution in [0.1, 0.15) is 21.1 Å². The van der Waals surface area contributed by atoms with Crippen LogP contribution in [0.3, 0.4) is 0 Å². The zero-order valence-corrected chi connectivity index (χ0v) is 12.7. The Hall–Kier alpha value is -1.60. The number of hydrogen-bond acceptors (Lipinski definition) is 4. The van der Waals surface area contributed by atoms with E-state index in [9.17, 15) is 14.0 Å². The monoisotopic (exact) mass is 354 g/mol. The van der Waals surface area contributed by atoms with Crippen LogP contribution in [0.25, 0.3) is 0 Å². The first-order chi connectivity index (χ1) is 9.47. The summed E-state index contributed by atoms with van der Waals surface area (Å²) in [5.74, 6) is -1.78. The number of ketones is 1. The molecule has 1 amide bonds. The van der Waals surface area contributed by atoms with Crippen molar-refractivity contribution in [2.24, 2.45) is 0 Å². The highest BCUT2D eigenvalue weighted by atomic mass is 79.9. The molecule has 0 saturated carbocycles. The van der Waals surface area contributed by atoms with Crippen LogP contribution in [0.2, 0.25) is 0 Å². The normalized spacial score (nSPS) is 14.1. The minimum Gasteiger partial charge on any atom is -0.299 e. The highest BCUT2D eigenvalue weighted by molar-refractivity contribution is 9.10. The molecule has 102 valence electrons. The number of benzene rings is 1. The molecule has 1 aromatic carbocycles. The molecule has 2 aromatic rings. The minimum absolute atomic E-state index is 0.170. The molecule has 7 heteroatoms. The lowest BCUT2D eigenvalue weighted by molar-refractivity contribution is -0.114. The molecule has 20 heavy (non-hydrogen) atoms. The Labute approximate surface area is 126 Å². The molecular weight excluding hydrogens is 347 g/mol. The maximum absolute atomic E-state index is 13.6. The Bertz CT molecular complexity index is 744. The van der Waals surface area contributed by atoms with E-state index in [1.165, 1.54) is 28.4 Å². The summed E-state index contributed by atoms with van der Waals surface area (Å²) < 4.78 is 13.8. The van der Waals surface area contributed by atoms with E-state index in [0.717, 1.165) is 5.01 Å². The smallest absolute Gasteiger partial charge is 0.299 e. The van der Waals surface area contributed by atoms with Crippen molar-refractivity contribution in [2.45, 2.75) is 13.5 Å². The fraction of sp³-hybridized carbons (Fsp3) is 0.154. The van der Waals surface area contributed by atoms with Gasteiger partial charge in [0.05, 0.1) is 33.0 Å². The molecule has 4 nitrogen and oxygen atoms in total. The van der Waals surface area contributed by atoms with Gasteiger partial charge in [-0.3, -0.25) is 14.5 Å². The van der Waals surface area contributed by atoms with Crippen LogP contribution >= 0.6 is 27.3 Å². The van der Waals surface area contributed by atoms with Crippen LogP contribution in [-0.4, -0.2) is 16.7 Å². The lowest BCUT2D eigenvalue weighted by Crippen LogP contribution is -2.29. The molecule has 0 aliphatic carbocycles. The van der Waals surface area contributed by atoms with Gasteiger partial charge < -0.3 is 0 Å². The number of amides is 1. The van der Waals surface area contributed by atoms with Crippen molar-refractivity contribution in [1.82, 2.24) is 4.98 Å². The van der Waals surface area contributed by atoms with Gasteiger partial charge in [0.1, 0.15) is 5.82 Å². The number of anilines is 1. The Kier molecular flexibility index (Phi) is 3.18. The Morgan fingerprint density at radius 3 is 2.80 bits per heavy atom. The van der Waals surface area contributed by atoms with Crippen LogP contribution in [-0.2, 0) is 11.3 Å². The number of fused-ring (bicyclic) bond motifs is 1. The third-order valence-corrected chi connectivity index (χ3v) is 4.43. The molecular formula is C13H8BrFN2O2S. The van der Waals surface area contributed by atoms with Gasteiger partial charge in [0, 0.05) is 5.38 Å². The summed E-state index contributed by atoms with van der Waals surface area (Å²) in [6.45, 7) is 2.03. The molecule has 2 heterocycles. The topological polar surface area (TPSA) is 50.3 Å². The Balaban J connectivity index is 2.03. The summed E-state index contributed by atoms with van der Waals surface area (Å²) in [5, 5.41) is 2.69. The molecule has 0 N–H and O–H groups in total. The quantitative estimate of drug-likeness (QED) is 0.778. The first kappa shape index (κ1) is 13.4. The fourth-order valence-electron chi connectivity index (χ4n) is 2.09. The molecule has 1 aliphatic heterocycles. The maximum Gasteiger partial charge on any atom is 0.299 e. The molecule has 0 fully saturated rings. The van der Waals surface area contributed by atoms with Gasteiger partial charge >= 0.3 is 0 Å². The van der Waals surface area contributed by atoms with Crippen LogP contribution in [0.15, 0.2) is 22.0 Å². The number of aryl methyl sites for hydroxylation is 1. The zero-order valence-electron chi connectivity index (χ0n) is 10.3. The summed E-state index contributed by atoms with van der Waals surface area (Å²) in [6, 6.07) is 2.54. The summed E-state index contributed by atoms with van der Waals surface area (Å²) in [6.07, 6.45) is 0. The minimum atomic E-state index is -0.650. The maximum atomic E-state index is 13.6. The van der Waals surface area contributed by atoms with Crippen LogP contribution in [0.5, 0.6) is 0 Å². The summed E-state index contributed by atoms with van der Waals surface area (Å²) in [4.78, 5) is 29.4.